The van der Waals surface area contributed by atoms with Crippen LogP contribution in [0, 0.1) is 0 Å². The number of halogens is 4. The Morgan fingerprint density at radius 2 is 1.73 bits per heavy atom. The summed E-state index contributed by atoms with van der Waals surface area (Å²) < 4.78 is 43.2. The van der Waals surface area contributed by atoms with E-state index in [0.717, 1.165) is 12.1 Å². The summed E-state index contributed by atoms with van der Waals surface area (Å²) >= 11 is 1.39. The third-order valence-electron chi connectivity index (χ3n) is 1.39. The van der Waals surface area contributed by atoms with Crippen molar-refractivity contribution >= 4 is 29.0 Å². The van der Waals surface area contributed by atoms with Crippen LogP contribution in [0.3, 0.4) is 0 Å². The molecular formula is C8H4F3IO3. The molecule has 0 aromatic heterocycles. The molecule has 0 atom stereocenters. The summed E-state index contributed by atoms with van der Waals surface area (Å²) in [5, 5.41) is 0. The van der Waals surface area contributed by atoms with Crippen LogP contribution >= 0.6 is 23.0 Å². The normalized spacial score (nSPS) is 10.9. The Bertz CT molecular complexity index is 347. The highest BCUT2D eigenvalue weighted by Crippen LogP contribution is 2.22. The van der Waals surface area contributed by atoms with E-state index >= 15 is 0 Å². The molecule has 0 fully saturated rings. The van der Waals surface area contributed by atoms with E-state index in [2.05, 4.69) is 7.80 Å². The SMILES string of the molecule is O=C(OI)c1ccc(OC(F)(F)F)cc1. The number of rotatable bonds is 2. The van der Waals surface area contributed by atoms with Crippen molar-refractivity contribution in [3.8, 4) is 5.75 Å². The van der Waals surface area contributed by atoms with Crippen LogP contribution in [0.5, 0.6) is 5.75 Å². The molecule has 15 heavy (non-hydrogen) atoms. The van der Waals surface area contributed by atoms with Crippen LogP contribution in [0.25, 0.3) is 0 Å². The van der Waals surface area contributed by atoms with Crippen LogP contribution in [-0.2, 0) is 3.07 Å². The molecule has 0 heterocycles. The van der Waals surface area contributed by atoms with Gasteiger partial charge in [-0.05, 0) is 24.3 Å². The average Bonchev–Trinajstić information content (AvgIpc) is 2.15. The van der Waals surface area contributed by atoms with Gasteiger partial charge >= 0.3 is 12.3 Å². The van der Waals surface area contributed by atoms with E-state index in [1.54, 1.807) is 0 Å². The first-order valence-corrected chi connectivity index (χ1v) is 4.49. The van der Waals surface area contributed by atoms with Crippen LogP contribution in [0.15, 0.2) is 24.3 Å². The smallest absolute Gasteiger partial charge is 0.406 e. The Morgan fingerprint density at radius 3 is 2.13 bits per heavy atom. The zero-order valence-electron chi connectivity index (χ0n) is 7.05. The molecule has 0 unspecified atom stereocenters. The fourth-order valence-electron chi connectivity index (χ4n) is 0.837. The summed E-state index contributed by atoms with van der Waals surface area (Å²) in [7, 11) is 0. The molecule has 1 aromatic rings. The molecule has 0 N–H and O–H groups in total. The number of carbonyl (C=O) groups excluding carboxylic acids is 1. The molecule has 0 aliphatic carbocycles. The molecule has 0 radical (unpaired) electrons. The monoisotopic (exact) mass is 332 g/mol. The fraction of sp³-hybridized carbons (Fsp3) is 0.125. The van der Waals surface area contributed by atoms with Crippen molar-refractivity contribution in [1.82, 2.24) is 0 Å². The molecule has 0 saturated carbocycles. The van der Waals surface area contributed by atoms with Gasteiger partial charge in [0.2, 0.25) is 0 Å². The standard InChI is InChI=1S/C8H4F3IO3/c9-8(10,11)14-6-3-1-5(2-4-6)7(13)15-12/h1-4H. The second kappa shape index (κ2) is 4.69. The van der Waals surface area contributed by atoms with Crippen molar-refractivity contribution in [3.63, 3.8) is 0 Å². The van der Waals surface area contributed by atoms with Gasteiger partial charge in [0.1, 0.15) is 5.75 Å². The summed E-state index contributed by atoms with van der Waals surface area (Å²) in [4.78, 5) is 10.9. The van der Waals surface area contributed by atoms with E-state index in [4.69, 9.17) is 0 Å². The van der Waals surface area contributed by atoms with E-state index in [0.29, 0.717) is 0 Å². The Hall–Kier alpha value is -0.990. The van der Waals surface area contributed by atoms with Gasteiger partial charge in [0, 0.05) is 0 Å². The summed E-state index contributed by atoms with van der Waals surface area (Å²) in [6.45, 7) is 0. The molecule has 1 rings (SSSR count). The van der Waals surface area contributed by atoms with Crippen LogP contribution < -0.4 is 4.74 Å². The predicted octanol–water partition coefficient (Wildman–Crippen LogP) is 3.09. The molecule has 0 aliphatic rings. The molecule has 0 spiro atoms. The number of hydrogen-bond donors (Lipinski definition) is 0. The summed E-state index contributed by atoms with van der Waals surface area (Å²) in [6.07, 6.45) is -4.73. The fourth-order valence-corrected chi connectivity index (χ4v) is 1.09. The number of hydrogen-bond acceptors (Lipinski definition) is 3. The molecule has 7 heteroatoms. The molecule has 0 aliphatic heterocycles. The van der Waals surface area contributed by atoms with E-state index in [-0.39, 0.29) is 11.3 Å². The molecule has 0 saturated heterocycles. The number of alkyl halides is 3. The molecule has 82 valence electrons. The molecular weight excluding hydrogens is 328 g/mol. The van der Waals surface area contributed by atoms with Crippen molar-refractivity contribution in [2.75, 3.05) is 0 Å². The highest BCUT2D eigenvalue weighted by atomic mass is 127. The van der Waals surface area contributed by atoms with Crippen molar-refractivity contribution < 1.29 is 25.8 Å². The maximum atomic E-state index is 11.8. The van der Waals surface area contributed by atoms with E-state index in [9.17, 15) is 18.0 Å². The van der Waals surface area contributed by atoms with Gasteiger partial charge in [0.25, 0.3) is 0 Å². The minimum Gasteiger partial charge on any atom is -0.406 e. The average molecular weight is 332 g/mol. The van der Waals surface area contributed by atoms with Gasteiger partial charge < -0.3 is 7.80 Å². The predicted molar refractivity (Wildman–Crippen MR) is 52.6 cm³/mol. The zero-order chi connectivity index (χ0) is 11.5. The van der Waals surface area contributed by atoms with Gasteiger partial charge in [-0.25, -0.2) is 4.79 Å². The third-order valence-corrected chi connectivity index (χ3v) is 1.79. The van der Waals surface area contributed by atoms with Crippen LogP contribution in [-0.4, -0.2) is 12.3 Å². The zero-order valence-corrected chi connectivity index (χ0v) is 9.20. The first kappa shape index (κ1) is 12.1. The Morgan fingerprint density at radius 1 is 1.20 bits per heavy atom. The second-order valence-electron chi connectivity index (χ2n) is 2.44. The summed E-state index contributed by atoms with van der Waals surface area (Å²) in [5.74, 6) is -1.01. The number of carbonyl (C=O) groups is 1. The third kappa shape index (κ3) is 3.94. The number of ether oxygens (including phenoxy) is 1. The Labute approximate surface area is 96.9 Å². The van der Waals surface area contributed by atoms with Gasteiger partial charge in [-0.3, -0.25) is 0 Å². The van der Waals surface area contributed by atoms with E-state index in [1.165, 1.54) is 35.1 Å². The quantitative estimate of drug-likeness (QED) is 0.781. The maximum Gasteiger partial charge on any atom is 0.573 e. The first-order chi connectivity index (χ1) is 6.92. The summed E-state index contributed by atoms with van der Waals surface area (Å²) in [5.41, 5.74) is 0.152. The van der Waals surface area contributed by atoms with Gasteiger partial charge in [-0.15, -0.1) is 13.2 Å². The van der Waals surface area contributed by atoms with Crippen LogP contribution in [0.2, 0.25) is 0 Å². The lowest BCUT2D eigenvalue weighted by Gasteiger charge is -2.08. The van der Waals surface area contributed by atoms with Gasteiger partial charge in [0.15, 0.2) is 23.0 Å². The highest BCUT2D eigenvalue weighted by molar-refractivity contribution is 14.1. The largest absolute Gasteiger partial charge is 0.573 e. The van der Waals surface area contributed by atoms with Crippen molar-refractivity contribution in [2.45, 2.75) is 6.36 Å². The first-order valence-electron chi connectivity index (χ1n) is 3.61. The minimum absolute atomic E-state index is 0.152. The van der Waals surface area contributed by atoms with Gasteiger partial charge in [0.05, 0.1) is 5.56 Å². The highest BCUT2D eigenvalue weighted by Gasteiger charge is 2.31. The van der Waals surface area contributed by atoms with Crippen molar-refractivity contribution in [1.29, 1.82) is 0 Å². The number of benzene rings is 1. The van der Waals surface area contributed by atoms with Crippen LogP contribution in [0.4, 0.5) is 13.2 Å². The molecule has 3 nitrogen and oxygen atoms in total. The lowest BCUT2D eigenvalue weighted by atomic mass is 10.2. The second-order valence-corrected chi connectivity index (χ2v) is 2.88. The van der Waals surface area contributed by atoms with Crippen molar-refractivity contribution in [2.24, 2.45) is 0 Å². The lowest BCUT2D eigenvalue weighted by Crippen LogP contribution is -2.17. The Kier molecular flexibility index (Phi) is 3.77. The molecule has 0 bridgehead atoms. The molecule has 0 amide bonds. The van der Waals surface area contributed by atoms with Gasteiger partial charge in [-0.2, -0.15) is 0 Å². The van der Waals surface area contributed by atoms with E-state index in [1.807, 2.05) is 0 Å². The van der Waals surface area contributed by atoms with E-state index < -0.39 is 12.3 Å². The molecule has 1 aromatic carbocycles. The summed E-state index contributed by atoms with van der Waals surface area (Å²) in [6, 6.07) is 4.44. The topological polar surface area (TPSA) is 35.5 Å². The lowest BCUT2D eigenvalue weighted by molar-refractivity contribution is -0.274. The maximum absolute atomic E-state index is 11.8. The van der Waals surface area contributed by atoms with Gasteiger partial charge in [-0.1, -0.05) is 0 Å². The van der Waals surface area contributed by atoms with Crippen LogP contribution in [0.1, 0.15) is 10.4 Å². The van der Waals surface area contributed by atoms with Crippen molar-refractivity contribution in [3.05, 3.63) is 29.8 Å². The minimum atomic E-state index is -4.73. The Balaban J connectivity index is 2.77.